The molecule has 0 amide bonds. The summed E-state index contributed by atoms with van der Waals surface area (Å²) < 4.78 is 10.4. The van der Waals surface area contributed by atoms with Crippen LogP contribution in [0.1, 0.15) is 18.9 Å². The van der Waals surface area contributed by atoms with E-state index in [4.69, 9.17) is 20.9 Å². The zero-order valence-corrected chi connectivity index (χ0v) is 12.9. The molecule has 1 aromatic heterocycles. The van der Waals surface area contributed by atoms with E-state index in [1.54, 1.807) is 13.3 Å². The molecule has 1 heterocycles. The summed E-state index contributed by atoms with van der Waals surface area (Å²) in [6, 6.07) is 0.126. The van der Waals surface area contributed by atoms with Gasteiger partial charge < -0.3 is 20.9 Å². The van der Waals surface area contributed by atoms with Crippen molar-refractivity contribution in [2.45, 2.75) is 19.4 Å². The molecule has 5 nitrogen and oxygen atoms in total. The van der Waals surface area contributed by atoms with E-state index in [1.165, 1.54) is 7.11 Å². The standard InChI is InChI=1S/C12H19N3O2.2ClH/c1-8(13)5-4-6-9-7-15-12(14)11(17-3)10(9)16-2;;/h4,6-8H,5,13H2,1-3H3,(H2,14,15);2*1H/b6-4+;;/t8-;;/m0../s1. The number of hydrogen-bond donors (Lipinski definition) is 2. The van der Waals surface area contributed by atoms with Crippen LogP contribution in [0.15, 0.2) is 12.3 Å². The van der Waals surface area contributed by atoms with E-state index in [1.807, 2.05) is 19.1 Å². The minimum absolute atomic E-state index is 0. The van der Waals surface area contributed by atoms with Gasteiger partial charge in [-0.25, -0.2) is 4.98 Å². The van der Waals surface area contributed by atoms with Crippen LogP contribution in [0.2, 0.25) is 0 Å². The molecule has 1 aromatic rings. The lowest BCUT2D eigenvalue weighted by molar-refractivity contribution is 0.354. The van der Waals surface area contributed by atoms with E-state index in [0.29, 0.717) is 17.3 Å². The predicted molar refractivity (Wildman–Crippen MR) is 83.5 cm³/mol. The van der Waals surface area contributed by atoms with Crippen molar-refractivity contribution >= 4 is 36.7 Å². The van der Waals surface area contributed by atoms with Gasteiger partial charge in [0.1, 0.15) is 0 Å². The number of ether oxygens (including phenoxy) is 2. The van der Waals surface area contributed by atoms with E-state index in [2.05, 4.69) is 4.98 Å². The zero-order chi connectivity index (χ0) is 12.8. The molecule has 0 radical (unpaired) electrons. The lowest BCUT2D eigenvalue weighted by atomic mass is 10.1. The molecule has 0 spiro atoms. The Morgan fingerprint density at radius 1 is 1.26 bits per heavy atom. The van der Waals surface area contributed by atoms with Crippen molar-refractivity contribution in [2.75, 3.05) is 20.0 Å². The fourth-order valence-corrected chi connectivity index (χ4v) is 1.44. The van der Waals surface area contributed by atoms with Crippen LogP contribution in [-0.4, -0.2) is 25.2 Å². The topological polar surface area (TPSA) is 83.4 Å². The Labute approximate surface area is 126 Å². The minimum Gasteiger partial charge on any atom is -0.492 e. The Bertz CT molecular complexity index is 412. The molecule has 4 N–H and O–H groups in total. The Morgan fingerprint density at radius 3 is 2.32 bits per heavy atom. The maximum absolute atomic E-state index is 5.69. The van der Waals surface area contributed by atoms with Crippen molar-refractivity contribution in [2.24, 2.45) is 5.73 Å². The number of nitrogens with zero attached hydrogens (tertiary/aromatic N) is 1. The van der Waals surface area contributed by atoms with E-state index in [0.717, 1.165) is 12.0 Å². The zero-order valence-electron chi connectivity index (χ0n) is 11.3. The second-order valence-electron chi connectivity index (χ2n) is 3.78. The summed E-state index contributed by atoms with van der Waals surface area (Å²) in [5.41, 5.74) is 12.2. The number of nitrogen functional groups attached to an aromatic ring is 1. The molecule has 0 aliphatic carbocycles. The van der Waals surface area contributed by atoms with Crippen molar-refractivity contribution < 1.29 is 9.47 Å². The van der Waals surface area contributed by atoms with Gasteiger partial charge in [-0.15, -0.1) is 24.8 Å². The van der Waals surface area contributed by atoms with Crippen LogP contribution in [0.4, 0.5) is 5.82 Å². The smallest absolute Gasteiger partial charge is 0.204 e. The number of nitrogens with two attached hydrogens (primary N) is 2. The van der Waals surface area contributed by atoms with Gasteiger partial charge in [0.15, 0.2) is 11.6 Å². The highest BCUT2D eigenvalue weighted by molar-refractivity contribution is 5.85. The fraction of sp³-hybridized carbons (Fsp3) is 0.417. The quantitative estimate of drug-likeness (QED) is 0.871. The highest BCUT2D eigenvalue weighted by Gasteiger charge is 2.12. The Morgan fingerprint density at radius 2 is 1.84 bits per heavy atom. The Kier molecular flexibility index (Phi) is 10.3. The van der Waals surface area contributed by atoms with Crippen molar-refractivity contribution in [1.29, 1.82) is 0 Å². The molecule has 0 saturated heterocycles. The average molecular weight is 310 g/mol. The van der Waals surface area contributed by atoms with Crippen LogP contribution in [0, 0.1) is 0 Å². The van der Waals surface area contributed by atoms with Gasteiger partial charge in [0.2, 0.25) is 5.75 Å². The summed E-state index contributed by atoms with van der Waals surface area (Å²) in [6.45, 7) is 1.95. The van der Waals surface area contributed by atoms with Gasteiger partial charge in [0.05, 0.1) is 14.2 Å². The third-order valence-corrected chi connectivity index (χ3v) is 2.26. The molecule has 19 heavy (non-hydrogen) atoms. The molecule has 0 aromatic carbocycles. The lowest BCUT2D eigenvalue weighted by Gasteiger charge is -2.11. The first kappa shape index (κ1) is 20.2. The third-order valence-electron chi connectivity index (χ3n) is 2.26. The number of methoxy groups -OCH3 is 2. The van der Waals surface area contributed by atoms with Crippen LogP contribution in [-0.2, 0) is 0 Å². The number of aromatic nitrogens is 1. The van der Waals surface area contributed by atoms with Gasteiger partial charge in [0.25, 0.3) is 0 Å². The monoisotopic (exact) mass is 309 g/mol. The molecule has 7 heteroatoms. The van der Waals surface area contributed by atoms with E-state index in [-0.39, 0.29) is 30.9 Å². The Hall–Kier alpha value is -1.17. The third kappa shape index (κ3) is 5.55. The molecule has 0 aliphatic heterocycles. The first-order valence-electron chi connectivity index (χ1n) is 5.38. The summed E-state index contributed by atoms with van der Waals surface area (Å²) in [5.74, 6) is 1.35. The van der Waals surface area contributed by atoms with Crippen molar-refractivity contribution in [3.8, 4) is 11.5 Å². The molecule has 0 saturated carbocycles. The normalized spacial score (nSPS) is 11.4. The molecule has 0 aliphatic rings. The molecule has 110 valence electrons. The van der Waals surface area contributed by atoms with Crippen LogP contribution in [0.25, 0.3) is 6.08 Å². The minimum atomic E-state index is 0. The van der Waals surface area contributed by atoms with Gasteiger partial charge in [-0.2, -0.15) is 0 Å². The molecule has 1 atom stereocenters. The molecule has 0 fully saturated rings. The number of halogens is 2. The number of pyridine rings is 1. The summed E-state index contributed by atoms with van der Waals surface area (Å²) in [7, 11) is 3.10. The maximum Gasteiger partial charge on any atom is 0.204 e. The lowest BCUT2D eigenvalue weighted by Crippen LogP contribution is -2.12. The van der Waals surface area contributed by atoms with Gasteiger partial charge >= 0.3 is 0 Å². The second kappa shape index (κ2) is 9.72. The summed E-state index contributed by atoms with van der Waals surface area (Å²) in [6.07, 6.45) is 6.31. The van der Waals surface area contributed by atoms with Gasteiger partial charge in [-0.1, -0.05) is 12.2 Å². The largest absolute Gasteiger partial charge is 0.492 e. The van der Waals surface area contributed by atoms with Crippen LogP contribution in [0.3, 0.4) is 0 Å². The van der Waals surface area contributed by atoms with Gasteiger partial charge in [-0.05, 0) is 13.3 Å². The molecule has 0 bridgehead atoms. The van der Waals surface area contributed by atoms with Crippen LogP contribution in [0.5, 0.6) is 11.5 Å². The van der Waals surface area contributed by atoms with Gasteiger partial charge in [-0.3, -0.25) is 0 Å². The van der Waals surface area contributed by atoms with Crippen molar-refractivity contribution in [1.82, 2.24) is 4.98 Å². The second-order valence-corrected chi connectivity index (χ2v) is 3.78. The predicted octanol–water partition coefficient (Wildman–Crippen LogP) is 2.28. The first-order chi connectivity index (χ1) is 8.10. The summed E-state index contributed by atoms with van der Waals surface area (Å²) in [4.78, 5) is 4.05. The maximum atomic E-state index is 5.69. The van der Waals surface area contributed by atoms with Crippen LogP contribution >= 0.6 is 24.8 Å². The molecular formula is C12H21Cl2N3O2. The highest BCUT2D eigenvalue weighted by Crippen LogP contribution is 2.35. The van der Waals surface area contributed by atoms with Crippen molar-refractivity contribution in [3.63, 3.8) is 0 Å². The van der Waals surface area contributed by atoms with E-state index < -0.39 is 0 Å². The average Bonchev–Trinajstić information content (AvgIpc) is 2.29. The van der Waals surface area contributed by atoms with E-state index in [9.17, 15) is 0 Å². The van der Waals surface area contributed by atoms with Crippen LogP contribution < -0.4 is 20.9 Å². The highest BCUT2D eigenvalue weighted by atomic mass is 35.5. The van der Waals surface area contributed by atoms with Gasteiger partial charge in [0, 0.05) is 17.8 Å². The summed E-state index contributed by atoms with van der Waals surface area (Å²) >= 11 is 0. The van der Waals surface area contributed by atoms with E-state index >= 15 is 0 Å². The fourth-order valence-electron chi connectivity index (χ4n) is 1.44. The number of hydrogen-bond acceptors (Lipinski definition) is 5. The summed E-state index contributed by atoms with van der Waals surface area (Å²) in [5, 5.41) is 0. The Balaban J connectivity index is 0. The molecule has 0 unspecified atom stereocenters. The molecule has 1 rings (SSSR count). The first-order valence-corrected chi connectivity index (χ1v) is 5.38. The van der Waals surface area contributed by atoms with Crippen molar-refractivity contribution in [3.05, 3.63) is 17.8 Å². The molecular weight excluding hydrogens is 289 g/mol. The number of anilines is 1. The number of rotatable bonds is 5. The SMILES string of the molecule is COc1c(/C=C/C[C@H](C)N)cnc(N)c1OC.Cl.Cl.